The van der Waals surface area contributed by atoms with Gasteiger partial charge in [-0.05, 0) is 105 Å². The summed E-state index contributed by atoms with van der Waals surface area (Å²) < 4.78 is 11.6. The van der Waals surface area contributed by atoms with Crippen LogP contribution in [0.25, 0.3) is 6.08 Å². The number of imide groups is 1. The number of amides is 2. The van der Waals surface area contributed by atoms with Crippen LogP contribution >= 0.6 is 68.5 Å². The minimum atomic E-state index is -0.475. The number of hydrogen-bond donors (Lipinski definition) is 0. The summed E-state index contributed by atoms with van der Waals surface area (Å²) in [7, 11) is 1.29. The van der Waals surface area contributed by atoms with Crippen LogP contribution in [0.2, 0.25) is 5.02 Å². The lowest BCUT2D eigenvalue weighted by atomic mass is 10.2. The number of carbonyl (C=O) groups excluding carboxylic acids is 3. The summed E-state index contributed by atoms with van der Waals surface area (Å²) in [4.78, 5) is 37.9. The second-order valence-electron chi connectivity index (χ2n) is 5.67. The van der Waals surface area contributed by atoms with Gasteiger partial charge in [0.05, 0.1) is 24.8 Å². The fourth-order valence-electron chi connectivity index (χ4n) is 2.42. The zero-order valence-corrected chi connectivity index (χ0v) is 20.7. The number of thioether (sulfide) groups is 1. The summed E-state index contributed by atoms with van der Waals surface area (Å²) in [5.74, 6) is -0.307. The number of halogens is 3. The number of benzene rings is 2. The molecule has 150 valence electrons. The molecule has 1 heterocycles. The van der Waals surface area contributed by atoms with Crippen molar-refractivity contribution in [3.63, 3.8) is 0 Å². The molecule has 0 aromatic heterocycles. The molecule has 2 aromatic carbocycles. The average Bonchev–Trinajstić information content (AvgIpc) is 2.95. The second-order valence-corrected chi connectivity index (χ2v) is 9.43. The van der Waals surface area contributed by atoms with Gasteiger partial charge in [0.1, 0.15) is 5.75 Å². The molecule has 2 amide bonds. The highest BCUT2D eigenvalue weighted by molar-refractivity contribution is 14.1. The molecule has 3 rings (SSSR count). The predicted molar refractivity (Wildman–Crippen MR) is 129 cm³/mol. The van der Waals surface area contributed by atoms with E-state index in [1.165, 1.54) is 7.11 Å². The molecule has 0 unspecified atom stereocenters. The molecule has 29 heavy (non-hydrogen) atoms. The molecule has 0 radical (unpaired) electrons. The molecule has 0 saturated carbocycles. The van der Waals surface area contributed by atoms with Gasteiger partial charge in [0.2, 0.25) is 0 Å². The van der Waals surface area contributed by atoms with Gasteiger partial charge in [-0.15, -0.1) is 0 Å². The molecule has 0 N–H and O–H groups in total. The highest BCUT2D eigenvalue weighted by Gasteiger charge is 2.36. The van der Waals surface area contributed by atoms with Crippen molar-refractivity contribution in [3.05, 3.63) is 59.0 Å². The molecule has 6 nitrogen and oxygen atoms in total. The number of ether oxygens (including phenoxy) is 2. The van der Waals surface area contributed by atoms with Crippen molar-refractivity contribution in [1.82, 2.24) is 0 Å². The second kappa shape index (κ2) is 9.67. The maximum atomic E-state index is 12.8. The van der Waals surface area contributed by atoms with Crippen molar-refractivity contribution < 1.29 is 23.9 Å². The first-order valence-electron chi connectivity index (χ1n) is 8.02. The highest BCUT2D eigenvalue weighted by atomic mass is 127. The first-order valence-corrected chi connectivity index (χ1v) is 11.4. The van der Waals surface area contributed by atoms with Crippen molar-refractivity contribution in [2.24, 2.45) is 0 Å². The van der Waals surface area contributed by atoms with Gasteiger partial charge >= 0.3 is 5.97 Å². The van der Waals surface area contributed by atoms with Crippen LogP contribution in [-0.2, 0) is 14.3 Å². The van der Waals surface area contributed by atoms with E-state index in [1.807, 2.05) is 12.1 Å². The fraction of sp³-hybridized carbons (Fsp3) is 0.105. The van der Waals surface area contributed by atoms with E-state index in [0.29, 0.717) is 21.4 Å². The van der Waals surface area contributed by atoms with Crippen molar-refractivity contribution in [3.8, 4) is 5.75 Å². The lowest BCUT2D eigenvalue weighted by Crippen LogP contribution is -2.27. The molecule has 0 bridgehead atoms. The topological polar surface area (TPSA) is 72.9 Å². The van der Waals surface area contributed by atoms with Gasteiger partial charge < -0.3 is 9.47 Å². The number of hydrogen-bond acceptors (Lipinski definition) is 6. The van der Waals surface area contributed by atoms with Crippen molar-refractivity contribution in [2.45, 2.75) is 0 Å². The maximum Gasteiger partial charge on any atom is 0.343 e. The van der Waals surface area contributed by atoms with E-state index in [4.69, 9.17) is 16.3 Å². The number of nitrogens with zero attached hydrogens (tertiary/aromatic N) is 1. The van der Waals surface area contributed by atoms with E-state index in [2.05, 4.69) is 49.9 Å². The van der Waals surface area contributed by atoms with Crippen LogP contribution in [0.3, 0.4) is 0 Å². The van der Waals surface area contributed by atoms with Gasteiger partial charge in [0, 0.05) is 5.02 Å². The summed E-state index contributed by atoms with van der Waals surface area (Å²) >= 11 is 10.9. The van der Waals surface area contributed by atoms with Crippen LogP contribution < -0.4 is 9.64 Å². The van der Waals surface area contributed by atoms with E-state index in [0.717, 1.165) is 29.4 Å². The van der Waals surface area contributed by atoms with Crippen molar-refractivity contribution >= 4 is 97.4 Å². The smallest absolute Gasteiger partial charge is 0.343 e. The molecule has 0 aliphatic carbocycles. The van der Waals surface area contributed by atoms with Gasteiger partial charge in [0.25, 0.3) is 11.1 Å². The van der Waals surface area contributed by atoms with Crippen LogP contribution in [0.1, 0.15) is 5.56 Å². The molecular formula is C19H12ClI2NO5S. The maximum absolute atomic E-state index is 12.8. The van der Waals surface area contributed by atoms with E-state index >= 15 is 0 Å². The molecular weight excluding hydrogens is 644 g/mol. The summed E-state index contributed by atoms with van der Waals surface area (Å²) in [5.41, 5.74) is 1.21. The third kappa shape index (κ3) is 5.25. The van der Waals surface area contributed by atoms with E-state index in [9.17, 15) is 14.4 Å². The molecule has 2 aromatic rings. The normalized spacial score (nSPS) is 15.2. The Bertz CT molecular complexity index is 1000. The SMILES string of the molecule is COC(=O)COc1c(I)cc(/C=C2/SC(=O)N(c3ccc(Cl)cc3)C2=O)cc1I. The van der Waals surface area contributed by atoms with Gasteiger partial charge in [-0.2, -0.15) is 0 Å². The average molecular weight is 656 g/mol. The zero-order chi connectivity index (χ0) is 21.1. The first-order chi connectivity index (χ1) is 13.8. The lowest BCUT2D eigenvalue weighted by Gasteiger charge is -2.12. The Morgan fingerprint density at radius 1 is 1.17 bits per heavy atom. The Morgan fingerprint density at radius 2 is 1.79 bits per heavy atom. The van der Waals surface area contributed by atoms with Gasteiger partial charge in [-0.1, -0.05) is 11.6 Å². The van der Waals surface area contributed by atoms with E-state index in [-0.39, 0.29) is 11.8 Å². The molecule has 1 aliphatic heterocycles. The minimum absolute atomic E-state index is 0.193. The summed E-state index contributed by atoms with van der Waals surface area (Å²) in [5, 5.41) is 0.154. The number of rotatable bonds is 5. The van der Waals surface area contributed by atoms with Crippen LogP contribution in [-0.4, -0.2) is 30.8 Å². The van der Waals surface area contributed by atoms with Crippen molar-refractivity contribution in [1.29, 1.82) is 0 Å². The molecule has 10 heteroatoms. The number of methoxy groups -OCH3 is 1. The zero-order valence-electron chi connectivity index (χ0n) is 14.8. The fourth-order valence-corrected chi connectivity index (χ4v) is 5.52. The third-order valence-corrected chi connectivity index (χ3v) is 6.48. The number of esters is 1. The quantitative estimate of drug-likeness (QED) is 0.246. The Labute approximate surface area is 203 Å². The third-order valence-electron chi connectivity index (χ3n) is 3.76. The minimum Gasteiger partial charge on any atom is -0.480 e. The van der Waals surface area contributed by atoms with Gasteiger partial charge in [-0.3, -0.25) is 9.59 Å². The largest absolute Gasteiger partial charge is 0.480 e. The van der Waals surface area contributed by atoms with E-state index < -0.39 is 11.9 Å². The Morgan fingerprint density at radius 3 is 2.38 bits per heavy atom. The monoisotopic (exact) mass is 655 g/mol. The predicted octanol–water partition coefficient (Wildman–Crippen LogP) is 5.34. The Balaban J connectivity index is 1.84. The van der Waals surface area contributed by atoms with Gasteiger partial charge in [-0.25, -0.2) is 9.69 Å². The Hall–Kier alpha value is -1.31. The molecule has 0 atom stereocenters. The molecule has 0 spiro atoms. The summed E-state index contributed by atoms with van der Waals surface area (Å²) in [6.45, 7) is -0.193. The first kappa shape index (κ1) is 22.4. The van der Waals surface area contributed by atoms with Crippen molar-refractivity contribution in [2.75, 3.05) is 18.6 Å². The standard InChI is InChI=1S/C19H12ClI2NO5S/c1-27-16(24)9-28-17-13(21)6-10(7-14(17)22)8-15-18(25)23(19(26)29-15)12-4-2-11(20)3-5-12/h2-8H,9H2,1H3/b15-8+. The molecule has 1 saturated heterocycles. The highest BCUT2D eigenvalue weighted by Crippen LogP contribution is 2.37. The molecule has 1 aliphatic rings. The van der Waals surface area contributed by atoms with Crippen LogP contribution in [0.5, 0.6) is 5.75 Å². The lowest BCUT2D eigenvalue weighted by molar-refractivity contribution is -0.142. The summed E-state index contributed by atoms with van der Waals surface area (Å²) in [6.07, 6.45) is 1.66. The van der Waals surface area contributed by atoms with E-state index in [1.54, 1.807) is 30.3 Å². The van der Waals surface area contributed by atoms with Crippen LogP contribution in [0.15, 0.2) is 41.3 Å². The number of anilines is 1. The summed E-state index contributed by atoms with van der Waals surface area (Å²) in [6, 6.07) is 10.1. The molecule has 1 fully saturated rings. The Kier molecular flexibility index (Phi) is 7.46. The van der Waals surface area contributed by atoms with Gasteiger partial charge in [0.15, 0.2) is 6.61 Å². The van der Waals surface area contributed by atoms with Crippen LogP contribution in [0, 0.1) is 7.14 Å². The number of carbonyl (C=O) groups is 3. The van der Waals surface area contributed by atoms with Crippen LogP contribution in [0.4, 0.5) is 10.5 Å².